The Bertz CT molecular complexity index is 611. The first-order valence-electron chi connectivity index (χ1n) is 6.62. The molecule has 0 fully saturated rings. The van der Waals surface area contributed by atoms with Crippen LogP contribution in [-0.4, -0.2) is 18.7 Å². The van der Waals surface area contributed by atoms with Crippen molar-refractivity contribution in [2.45, 2.75) is 13.0 Å². The van der Waals surface area contributed by atoms with Crippen molar-refractivity contribution in [3.05, 3.63) is 65.9 Å². The van der Waals surface area contributed by atoms with Crippen LogP contribution < -0.4 is 10.9 Å². The van der Waals surface area contributed by atoms with Gasteiger partial charge in [-0.15, -0.1) is 0 Å². The van der Waals surface area contributed by atoms with Crippen LogP contribution in [0.3, 0.4) is 0 Å². The van der Waals surface area contributed by atoms with Crippen molar-refractivity contribution >= 4 is 25.4 Å². The summed E-state index contributed by atoms with van der Waals surface area (Å²) in [5, 5.41) is 2.93. The van der Waals surface area contributed by atoms with E-state index in [-0.39, 0.29) is 11.9 Å². The van der Waals surface area contributed by atoms with Crippen molar-refractivity contribution < 1.29 is 4.79 Å². The number of amides is 1. The smallest absolute Gasteiger partial charge is 0.244 e. The number of hydrogen-bond acceptors (Lipinski definition) is 2. The Hall–Kier alpha value is -2.36. The maximum absolute atomic E-state index is 11.9. The summed E-state index contributed by atoms with van der Waals surface area (Å²) in [6, 6.07) is 15.6. The Balaban J connectivity index is 1.96. The molecular formula is C16H17BN2O. The number of nitrogens with one attached hydrogen (secondary N) is 1. The van der Waals surface area contributed by atoms with Gasteiger partial charge in [0.15, 0.2) is 7.85 Å². The highest BCUT2D eigenvalue weighted by molar-refractivity contribution is 6.30. The first kappa shape index (κ1) is 14.1. The van der Waals surface area contributed by atoms with Crippen LogP contribution >= 0.6 is 0 Å². The van der Waals surface area contributed by atoms with E-state index in [0.717, 1.165) is 16.9 Å². The van der Waals surface area contributed by atoms with Crippen molar-refractivity contribution in [2.75, 3.05) is 0 Å². The van der Waals surface area contributed by atoms with Gasteiger partial charge < -0.3 is 5.32 Å². The van der Waals surface area contributed by atoms with E-state index < -0.39 is 0 Å². The van der Waals surface area contributed by atoms with E-state index in [2.05, 4.69) is 10.3 Å². The van der Waals surface area contributed by atoms with Gasteiger partial charge in [-0.2, -0.15) is 0 Å². The highest BCUT2D eigenvalue weighted by Gasteiger charge is 2.06. The average molecular weight is 264 g/mol. The number of aromatic nitrogens is 1. The van der Waals surface area contributed by atoms with Gasteiger partial charge in [0.05, 0.1) is 11.7 Å². The van der Waals surface area contributed by atoms with E-state index in [0.29, 0.717) is 0 Å². The SMILES string of the molecule is Bc1cccc(/C=C/C(=O)N[C@@H](C)c2ccccc2)n1. The molecule has 0 spiro atoms. The van der Waals surface area contributed by atoms with Gasteiger partial charge in [-0.3, -0.25) is 9.78 Å². The molecule has 3 nitrogen and oxygen atoms in total. The van der Waals surface area contributed by atoms with Gasteiger partial charge in [0.2, 0.25) is 5.91 Å². The van der Waals surface area contributed by atoms with Gasteiger partial charge in [0.25, 0.3) is 0 Å². The molecular weight excluding hydrogens is 247 g/mol. The number of pyridine rings is 1. The van der Waals surface area contributed by atoms with E-state index in [1.165, 1.54) is 6.08 Å². The zero-order valence-corrected chi connectivity index (χ0v) is 11.7. The molecule has 1 amide bonds. The summed E-state index contributed by atoms with van der Waals surface area (Å²) in [4.78, 5) is 16.2. The van der Waals surface area contributed by atoms with Crippen molar-refractivity contribution in [1.82, 2.24) is 10.3 Å². The van der Waals surface area contributed by atoms with Crippen LogP contribution in [0.15, 0.2) is 54.6 Å². The lowest BCUT2D eigenvalue weighted by Gasteiger charge is -2.12. The molecule has 1 N–H and O–H groups in total. The van der Waals surface area contributed by atoms with E-state index >= 15 is 0 Å². The van der Waals surface area contributed by atoms with Crippen molar-refractivity contribution in [2.24, 2.45) is 0 Å². The quantitative estimate of drug-likeness (QED) is 0.666. The summed E-state index contributed by atoms with van der Waals surface area (Å²) >= 11 is 0. The summed E-state index contributed by atoms with van der Waals surface area (Å²) < 4.78 is 0. The molecule has 0 bridgehead atoms. The summed E-state index contributed by atoms with van der Waals surface area (Å²) in [6.07, 6.45) is 3.24. The second kappa shape index (κ2) is 6.71. The second-order valence-electron chi connectivity index (χ2n) is 4.68. The van der Waals surface area contributed by atoms with Crippen molar-refractivity contribution in [3.63, 3.8) is 0 Å². The van der Waals surface area contributed by atoms with Crippen LogP contribution in [0.1, 0.15) is 24.2 Å². The van der Waals surface area contributed by atoms with Crippen LogP contribution in [-0.2, 0) is 4.79 Å². The lowest BCUT2D eigenvalue weighted by atomic mass is 10.0. The Kier molecular flexibility index (Phi) is 4.72. The molecule has 1 aromatic carbocycles. The molecule has 0 aliphatic heterocycles. The third-order valence-electron chi connectivity index (χ3n) is 2.97. The van der Waals surface area contributed by atoms with Gasteiger partial charge in [-0.25, -0.2) is 0 Å². The minimum Gasteiger partial charge on any atom is -0.346 e. The molecule has 1 heterocycles. The molecule has 0 radical (unpaired) electrons. The van der Waals surface area contributed by atoms with Crippen LogP contribution in [0.2, 0.25) is 0 Å². The normalized spacial score (nSPS) is 12.2. The zero-order valence-electron chi connectivity index (χ0n) is 11.7. The van der Waals surface area contributed by atoms with Gasteiger partial charge in [0, 0.05) is 6.08 Å². The number of carbonyl (C=O) groups excluding carboxylic acids is 1. The van der Waals surface area contributed by atoms with E-state index in [1.807, 2.05) is 63.3 Å². The predicted molar refractivity (Wildman–Crippen MR) is 84.4 cm³/mol. The number of carbonyl (C=O) groups is 1. The molecule has 2 aromatic rings. The van der Waals surface area contributed by atoms with Crippen LogP contribution in [0.5, 0.6) is 0 Å². The van der Waals surface area contributed by atoms with E-state index in [1.54, 1.807) is 6.08 Å². The maximum atomic E-state index is 11.9. The monoisotopic (exact) mass is 264 g/mol. The highest BCUT2D eigenvalue weighted by atomic mass is 16.1. The van der Waals surface area contributed by atoms with Crippen molar-refractivity contribution in [1.29, 1.82) is 0 Å². The maximum Gasteiger partial charge on any atom is 0.244 e. The molecule has 1 atom stereocenters. The Labute approximate surface area is 120 Å². The van der Waals surface area contributed by atoms with Gasteiger partial charge >= 0.3 is 0 Å². The van der Waals surface area contributed by atoms with Crippen LogP contribution in [0, 0.1) is 0 Å². The standard InChI is InChI=1S/C16H17BN2O/c1-12(13-6-3-2-4-7-13)18-16(20)11-10-14-8-5-9-15(17)19-14/h2-12H,17H2,1H3,(H,18,20)/b11-10+/t12-/m0/s1. The third kappa shape index (κ3) is 4.09. The summed E-state index contributed by atoms with van der Waals surface area (Å²) in [5.74, 6) is -0.121. The van der Waals surface area contributed by atoms with E-state index in [9.17, 15) is 4.79 Å². The molecule has 2 rings (SSSR count). The van der Waals surface area contributed by atoms with Gasteiger partial charge in [-0.05, 0) is 30.2 Å². The zero-order chi connectivity index (χ0) is 14.4. The highest BCUT2D eigenvalue weighted by Crippen LogP contribution is 2.10. The minimum absolute atomic E-state index is 0.0150. The largest absolute Gasteiger partial charge is 0.346 e. The first-order chi connectivity index (χ1) is 9.65. The lowest BCUT2D eigenvalue weighted by molar-refractivity contribution is -0.117. The fourth-order valence-corrected chi connectivity index (χ4v) is 1.90. The Morgan fingerprint density at radius 1 is 1.20 bits per heavy atom. The molecule has 100 valence electrons. The number of benzene rings is 1. The van der Waals surface area contributed by atoms with Gasteiger partial charge in [-0.1, -0.05) is 42.5 Å². The molecule has 0 aliphatic carbocycles. The summed E-state index contributed by atoms with van der Waals surface area (Å²) in [6.45, 7) is 1.96. The van der Waals surface area contributed by atoms with E-state index in [4.69, 9.17) is 0 Å². The third-order valence-corrected chi connectivity index (χ3v) is 2.97. The van der Waals surface area contributed by atoms with Crippen molar-refractivity contribution in [3.8, 4) is 0 Å². The molecule has 1 aromatic heterocycles. The van der Waals surface area contributed by atoms with Crippen LogP contribution in [0.25, 0.3) is 6.08 Å². The molecule has 0 saturated carbocycles. The number of hydrogen-bond donors (Lipinski definition) is 1. The fraction of sp³-hybridized carbons (Fsp3) is 0.125. The molecule has 0 saturated heterocycles. The van der Waals surface area contributed by atoms with Gasteiger partial charge in [0.1, 0.15) is 0 Å². The van der Waals surface area contributed by atoms with Crippen LogP contribution in [0.4, 0.5) is 0 Å². The Morgan fingerprint density at radius 3 is 2.65 bits per heavy atom. The number of rotatable bonds is 4. The molecule has 0 aliphatic rings. The lowest BCUT2D eigenvalue weighted by Crippen LogP contribution is -2.24. The Morgan fingerprint density at radius 2 is 1.95 bits per heavy atom. The minimum atomic E-state index is -0.121. The fourth-order valence-electron chi connectivity index (χ4n) is 1.90. The summed E-state index contributed by atoms with van der Waals surface area (Å²) in [5.41, 5.74) is 2.81. The molecule has 0 unspecified atom stereocenters. The predicted octanol–water partition coefficient (Wildman–Crippen LogP) is 1.23. The molecule has 20 heavy (non-hydrogen) atoms. The molecule has 4 heteroatoms. The average Bonchev–Trinajstić information content (AvgIpc) is 2.46. The summed E-state index contributed by atoms with van der Waals surface area (Å²) in [7, 11) is 1.93. The number of nitrogens with zero attached hydrogens (tertiary/aromatic N) is 1. The first-order valence-corrected chi connectivity index (χ1v) is 6.62. The topological polar surface area (TPSA) is 42.0 Å². The second-order valence-corrected chi connectivity index (χ2v) is 4.68.